The van der Waals surface area contributed by atoms with Crippen LogP contribution in [0, 0.1) is 0 Å². The van der Waals surface area contributed by atoms with Gasteiger partial charge in [0, 0.05) is 18.1 Å². The van der Waals surface area contributed by atoms with Crippen LogP contribution in [0.1, 0.15) is 16.8 Å². The third-order valence-electron chi connectivity index (χ3n) is 4.18. The van der Waals surface area contributed by atoms with E-state index >= 15 is 0 Å². The molecule has 7 heteroatoms. The van der Waals surface area contributed by atoms with E-state index in [0.717, 1.165) is 25.2 Å². The highest BCUT2D eigenvalue weighted by atomic mass is 35.5. The van der Waals surface area contributed by atoms with Gasteiger partial charge in [0.25, 0.3) is 0 Å². The van der Waals surface area contributed by atoms with Crippen molar-refractivity contribution in [1.82, 2.24) is 9.55 Å². The van der Waals surface area contributed by atoms with Crippen molar-refractivity contribution in [2.24, 2.45) is 0 Å². The minimum Gasteiger partial charge on any atom is -0.478 e. The summed E-state index contributed by atoms with van der Waals surface area (Å²) in [5, 5.41) is 10.6. The Morgan fingerprint density at radius 3 is 2.75 bits per heavy atom. The van der Waals surface area contributed by atoms with Crippen LogP contribution in [-0.4, -0.2) is 27.2 Å². The van der Waals surface area contributed by atoms with Gasteiger partial charge >= 0.3 is 5.97 Å². The maximum atomic E-state index is 11.6. The molecular formula is C17H13Cl2N3O2. The van der Waals surface area contributed by atoms with E-state index in [1.54, 1.807) is 24.3 Å². The summed E-state index contributed by atoms with van der Waals surface area (Å²) in [4.78, 5) is 18.2. The molecule has 24 heavy (non-hydrogen) atoms. The maximum Gasteiger partial charge on any atom is 0.337 e. The molecule has 1 aliphatic rings. The third-order valence-corrected chi connectivity index (χ3v) is 4.72. The summed E-state index contributed by atoms with van der Waals surface area (Å²) in [5.74, 6) is -0.251. The average Bonchev–Trinajstić information content (AvgIpc) is 2.93. The molecule has 0 saturated carbocycles. The minimum atomic E-state index is -0.954. The molecule has 3 aromatic rings. The van der Waals surface area contributed by atoms with E-state index in [0.29, 0.717) is 27.0 Å². The number of aromatic nitrogens is 2. The zero-order valence-electron chi connectivity index (χ0n) is 12.5. The second-order valence-electron chi connectivity index (χ2n) is 5.64. The van der Waals surface area contributed by atoms with Crippen molar-refractivity contribution >= 4 is 51.8 Å². The maximum absolute atomic E-state index is 11.6. The highest BCUT2D eigenvalue weighted by molar-refractivity contribution is 6.36. The van der Waals surface area contributed by atoms with E-state index in [9.17, 15) is 9.90 Å². The predicted octanol–water partition coefficient (Wildman–Crippen LogP) is 4.58. The molecule has 0 aliphatic carbocycles. The van der Waals surface area contributed by atoms with E-state index < -0.39 is 5.97 Å². The molecule has 4 rings (SSSR count). The van der Waals surface area contributed by atoms with Crippen molar-refractivity contribution in [2.75, 3.05) is 11.4 Å². The van der Waals surface area contributed by atoms with Gasteiger partial charge in [-0.25, -0.2) is 9.78 Å². The largest absolute Gasteiger partial charge is 0.478 e. The number of carboxylic acid groups (broad SMARTS) is 1. The molecule has 2 aromatic carbocycles. The Labute approximate surface area is 148 Å². The van der Waals surface area contributed by atoms with E-state index in [1.165, 1.54) is 0 Å². The van der Waals surface area contributed by atoms with Crippen molar-refractivity contribution in [3.8, 4) is 0 Å². The zero-order valence-corrected chi connectivity index (χ0v) is 14.1. The Hall–Kier alpha value is -2.24. The number of hydrogen-bond donors (Lipinski definition) is 1. The number of carbonyl (C=O) groups is 1. The summed E-state index contributed by atoms with van der Waals surface area (Å²) in [5.41, 5.74) is 2.39. The fourth-order valence-corrected chi connectivity index (χ4v) is 3.69. The van der Waals surface area contributed by atoms with Crippen molar-refractivity contribution in [1.29, 1.82) is 0 Å². The topological polar surface area (TPSA) is 58.4 Å². The molecule has 122 valence electrons. The number of rotatable bonds is 2. The fourth-order valence-electron chi connectivity index (χ4n) is 3.18. The lowest BCUT2D eigenvalue weighted by Gasteiger charge is -2.30. The number of hydrogen-bond acceptors (Lipinski definition) is 3. The summed E-state index contributed by atoms with van der Waals surface area (Å²) in [7, 11) is 0. The average molecular weight is 362 g/mol. The summed E-state index contributed by atoms with van der Waals surface area (Å²) < 4.78 is 1.95. The van der Waals surface area contributed by atoms with Gasteiger partial charge in [-0.2, -0.15) is 0 Å². The number of nitrogens with zero attached hydrogens (tertiary/aromatic N) is 3. The van der Waals surface area contributed by atoms with Gasteiger partial charge in [0.1, 0.15) is 0 Å². The first-order valence-corrected chi connectivity index (χ1v) is 8.27. The minimum absolute atomic E-state index is 0.260. The van der Waals surface area contributed by atoms with Crippen LogP contribution in [0.2, 0.25) is 10.0 Å². The van der Waals surface area contributed by atoms with Crippen LogP contribution in [0.4, 0.5) is 11.6 Å². The summed E-state index contributed by atoms with van der Waals surface area (Å²) in [6, 6.07) is 10.5. The number of aryl methyl sites for hydroxylation is 1. The van der Waals surface area contributed by atoms with Gasteiger partial charge in [-0.15, -0.1) is 0 Å². The number of fused-ring (bicyclic) bond motifs is 3. The molecule has 0 atom stereocenters. The normalized spacial score (nSPS) is 14.0. The van der Waals surface area contributed by atoms with Crippen LogP contribution >= 0.6 is 23.2 Å². The van der Waals surface area contributed by atoms with Crippen molar-refractivity contribution in [3.63, 3.8) is 0 Å². The van der Waals surface area contributed by atoms with E-state index in [1.807, 2.05) is 21.6 Å². The lowest BCUT2D eigenvalue weighted by atomic mass is 10.2. The van der Waals surface area contributed by atoms with Crippen LogP contribution < -0.4 is 4.90 Å². The number of aromatic carboxylic acids is 1. The Balaban J connectivity index is 1.94. The van der Waals surface area contributed by atoms with Gasteiger partial charge in [0.15, 0.2) is 0 Å². The monoisotopic (exact) mass is 361 g/mol. The Morgan fingerprint density at radius 2 is 2.00 bits per heavy atom. The smallest absolute Gasteiger partial charge is 0.337 e. The van der Waals surface area contributed by atoms with Gasteiger partial charge < -0.3 is 14.6 Å². The van der Waals surface area contributed by atoms with E-state index in [2.05, 4.69) is 4.98 Å². The Kier molecular flexibility index (Phi) is 3.62. The second-order valence-corrected chi connectivity index (χ2v) is 6.49. The molecule has 2 heterocycles. The highest BCUT2D eigenvalue weighted by Gasteiger charge is 2.26. The van der Waals surface area contributed by atoms with Crippen molar-refractivity contribution in [2.45, 2.75) is 13.0 Å². The SMILES string of the molecule is O=C(O)c1cccc2nc3n(c12)CCCN3c1ccc(Cl)cc1Cl. The number of benzene rings is 2. The number of halogens is 2. The van der Waals surface area contributed by atoms with Crippen LogP contribution in [0.15, 0.2) is 36.4 Å². The second kappa shape index (κ2) is 5.69. The van der Waals surface area contributed by atoms with Crippen molar-refractivity contribution < 1.29 is 9.90 Å². The molecule has 0 radical (unpaired) electrons. The standard InChI is InChI=1S/C17H13Cl2N3O2/c18-10-5-6-14(12(19)9-10)21-7-2-8-22-15-11(16(23)24)3-1-4-13(15)20-17(21)22/h1,3-6,9H,2,7-8H2,(H,23,24). The Morgan fingerprint density at radius 1 is 1.17 bits per heavy atom. The van der Waals surface area contributed by atoms with Gasteiger partial charge in [-0.05, 0) is 36.8 Å². The fraction of sp³-hybridized carbons (Fsp3) is 0.176. The highest BCUT2D eigenvalue weighted by Crippen LogP contribution is 2.37. The molecule has 0 fully saturated rings. The third kappa shape index (κ3) is 2.32. The number of carboxylic acids is 1. The molecule has 0 unspecified atom stereocenters. The summed E-state index contributed by atoms with van der Waals surface area (Å²) in [6.07, 6.45) is 0.866. The van der Waals surface area contributed by atoms with Crippen LogP contribution in [0.5, 0.6) is 0 Å². The van der Waals surface area contributed by atoms with Gasteiger partial charge in [0.2, 0.25) is 5.95 Å². The van der Waals surface area contributed by atoms with Crippen LogP contribution in [-0.2, 0) is 6.54 Å². The molecule has 0 amide bonds. The zero-order chi connectivity index (χ0) is 16.8. The molecule has 1 aromatic heterocycles. The van der Waals surface area contributed by atoms with E-state index in [4.69, 9.17) is 23.2 Å². The van der Waals surface area contributed by atoms with Gasteiger partial charge in [0.05, 0.1) is 27.3 Å². The van der Waals surface area contributed by atoms with Crippen molar-refractivity contribution in [3.05, 3.63) is 52.0 Å². The molecule has 0 bridgehead atoms. The number of anilines is 2. The first-order chi connectivity index (χ1) is 11.6. The van der Waals surface area contributed by atoms with Crippen LogP contribution in [0.25, 0.3) is 11.0 Å². The summed E-state index contributed by atoms with van der Waals surface area (Å²) in [6.45, 7) is 1.48. The predicted molar refractivity (Wildman–Crippen MR) is 94.8 cm³/mol. The molecule has 5 nitrogen and oxygen atoms in total. The molecular weight excluding hydrogens is 349 g/mol. The molecule has 1 N–H and O–H groups in total. The first-order valence-electron chi connectivity index (χ1n) is 7.51. The summed E-state index contributed by atoms with van der Waals surface area (Å²) >= 11 is 12.3. The van der Waals surface area contributed by atoms with E-state index in [-0.39, 0.29) is 5.56 Å². The molecule has 0 saturated heterocycles. The molecule has 0 spiro atoms. The number of imidazole rings is 1. The van der Waals surface area contributed by atoms with Gasteiger partial charge in [-0.1, -0.05) is 29.3 Å². The first kappa shape index (κ1) is 15.3. The molecule has 1 aliphatic heterocycles. The van der Waals surface area contributed by atoms with Gasteiger partial charge in [-0.3, -0.25) is 0 Å². The Bertz CT molecular complexity index is 968. The lowest BCUT2D eigenvalue weighted by Crippen LogP contribution is -2.28. The number of para-hydroxylation sites is 1. The quantitative estimate of drug-likeness (QED) is 0.725. The van der Waals surface area contributed by atoms with Crippen LogP contribution in [0.3, 0.4) is 0 Å². The lowest BCUT2D eigenvalue weighted by molar-refractivity contribution is 0.0698.